The Hall–Kier alpha value is -2.54. The van der Waals surface area contributed by atoms with E-state index in [2.05, 4.69) is 0 Å². The number of rotatable bonds is 6. The zero-order chi connectivity index (χ0) is 16.2. The first-order valence-electron chi connectivity index (χ1n) is 6.57. The summed E-state index contributed by atoms with van der Waals surface area (Å²) in [6.07, 6.45) is 0. The second-order valence-electron chi connectivity index (χ2n) is 4.77. The number of sulfonamides is 1. The minimum atomic E-state index is -3.92. The summed E-state index contributed by atoms with van der Waals surface area (Å²) >= 11 is 0. The van der Waals surface area contributed by atoms with Crippen molar-refractivity contribution in [2.45, 2.75) is 6.54 Å². The van der Waals surface area contributed by atoms with E-state index >= 15 is 0 Å². The molecular weight excluding hydrogens is 302 g/mol. The van der Waals surface area contributed by atoms with E-state index in [1.165, 1.54) is 0 Å². The van der Waals surface area contributed by atoms with Gasteiger partial charge in [-0.25, -0.2) is 8.42 Å². The molecule has 116 valence electrons. The minimum absolute atomic E-state index is 0.0741. The largest absolute Gasteiger partial charge is 0.397 e. The zero-order valence-corrected chi connectivity index (χ0v) is 12.7. The van der Waals surface area contributed by atoms with Gasteiger partial charge in [-0.15, -0.1) is 0 Å². The number of nitrogens with zero attached hydrogens (tertiary/aromatic N) is 1. The van der Waals surface area contributed by atoms with Crippen LogP contribution in [0.15, 0.2) is 54.6 Å². The second-order valence-corrected chi connectivity index (χ2v) is 6.67. The highest BCUT2D eigenvalue weighted by Crippen LogP contribution is 2.27. The van der Waals surface area contributed by atoms with Crippen molar-refractivity contribution in [1.82, 2.24) is 0 Å². The molecule has 7 heteroatoms. The molecular formula is C15H17N3O3S. The number of nitrogens with two attached hydrogens (primary N) is 2. The predicted molar refractivity (Wildman–Crippen MR) is 86.5 cm³/mol. The fourth-order valence-electron chi connectivity index (χ4n) is 2.05. The molecule has 0 aliphatic rings. The standard InChI is InChI=1S/C15H17N3O3S/c16-13-8-4-5-9-14(13)18(22(20,21)11-15(17)19)10-12-6-2-1-3-7-12/h1-9H,10-11,16H2,(H2,17,19). The molecule has 0 bridgehead atoms. The van der Waals surface area contributed by atoms with Crippen molar-refractivity contribution in [3.8, 4) is 0 Å². The third kappa shape index (κ3) is 3.76. The van der Waals surface area contributed by atoms with Gasteiger partial charge < -0.3 is 11.5 Å². The Balaban J connectivity index is 2.46. The molecule has 0 unspecified atom stereocenters. The van der Waals surface area contributed by atoms with Gasteiger partial charge in [-0.3, -0.25) is 9.10 Å². The molecule has 2 aromatic carbocycles. The first-order valence-corrected chi connectivity index (χ1v) is 8.18. The molecule has 0 aliphatic heterocycles. The number of carbonyl (C=O) groups is 1. The molecule has 0 saturated carbocycles. The lowest BCUT2D eigenvalue weighted by molar-refractivity contribution is -0.115. The summed E-state index contributed by atoms with van der Waals surface area (Å²) < 4.78 is 26.0. The Labute approximate surface area is 129 Å². The minimum Gasteiger partial charge on any atom is -0.397 e. The fraction of sp³-hybridized carbons (Fsp3) is 0.133. The number of primary amides is 1. The van der Waals surface area contributed by atoms with Crippen LogP contribution in [0.25, 0.3) is 0 Å². The first kappa shape index (κ1) is 15.8. The third-order valence-electron chi connectivity index (χ3n) is 3.03. The van der Waals surface area contributed by atoms with Crippen LogP contribution in [0.4, 0.5) is 11.4 Å². The molecule has 6 nitrogen and oxygen atoms in total. The quantitative estimate of drug-likeness (QED) is 0.777. The SMILES string of the molecule is NC(=O)CS(=O)(=O)N(Cc1ccccc1)c1ccccc1N. The molecule has 1 amide bonds. The van der Waals surface area contributed by atoms with Crippen LogP contribution >= 0.6 is 0 Å². The summed E-state index contributed by atoms with van der Waals surface area (Å²) in [5, 5.41) is 0. The average Bonchev–Trinajstić information content (AvgIpc) is 2.45. The smallest absolute Gasteiger partial charge is 0.244 e. The molecule has 2 aromatic rings. The normalized spacial score (nSPS) is 11.1. The molecule has 2 rings (SSSR count). The maximum absolute atomic E-state index is 12.5. The summed E-state index contributed by atoms with van der Waals surface area (Å²) in [5.41, 5.74) is 12.3. The molecule has 0 saturated heterocycles. The third-order valence-corrected chi connectivity index (χ3v) is 4.68. The van der Waals surface area contributed by atoms with Gasteiger partial charge in [0.05, 0.1) is 17.9 Å². The van der Waals surface area contributed by atoms with Crippen LogP contribution in [-0.4, -0.2) is 20.1 Å². The van der Waals surface area contributed by atoms with Gasteiger partial charge in [-0.1, -0.05) is 42.5 Å². The van der Waals surface area contributed by atoms with Crippen molar-refractivity contribution < 1.29 is 13.2 Å². The van der Waals surface area contributed by atoms with Gasteiger partial charge in [0.2, 0.25) is 15.9 Å². The first-order chi connectivity index (χ1) is 10.4. The highest BCUT2D eigenvalue weighted by atomic mass is 32.2. The maximum atomic E-state index is 12.5. The monoisotopic (exact) mass is 319 g/mol. The highest BCUT2D eigenvalue weighted by molar-refractivity contribution is 7.93. The molecule has 0 aromatic heterocycles. The second kappa shape index (κ2) is 6.48. The van der Waals surface area contributed by atoms with Crippen LogP contribution in [0, 0.1) is 0 Å². The van der Waals surface area contributed by atoms with E-state index in [1.807, 2.05) is 18.2 Å². The number of nitrogen functional groups attached to an aromatic ring is 1. The Morgan fingerprint density at radius 2 is 1.59 bits per heavy atom. The van der Waals surface area contributed by atoms with Crippen molar-refractivity contribution >= 4 is 27.3 Å². The lowest BCUT2D eigenvalue weighted by atomic mass is 10.2. The number of hydrogen-bond acceptors (Lipinski definition) is 4. The van der Waals surface area contributed by atoms with Crippen molar-refractivity contribution in [3.05, 3.63) is 60.2 Å². The van der Waals surface area contributed by atoms with Gasteiger partial charge >= 0.3 is 0 Å². The Morgan fingerprint density at radius 1 is 1.00 bits per heavy atom. The molecule has 4 N–H and O–H groups in total. The number of hydrogen-bond donors (Lipinski definition) is 2. The van der Waals surface area contributed by atoms with E-state index in [-0.39, 0.29) is 6.54 Å². The number of carbonyl (C=O) groups excluding carboxylic acids is 1. The number of benzene rings is 2. The summed E-state index contributed by atoms with van der Waals surface area (Å²) in [5.74, 6) is -1.68. The van der Waals surface area contributed by atoms with Crippen molar-refractivity contribution in [3.63, 3.8) is 0 Å². The molecule has 0 atom stereocenters. The van der Waals surface area contributed by atoms with Crippen molar-refractivity contribution in [1.29, 1.82) is 0 Å². The van der Waals surface area contributed by atoms with Crippen LogP contribution in [-0.2, 0) is 21.4 Å². The average molecular weight is 319 g/mol. The van der Waals surface area contributed by atoms with Gasteiger partial charge in [-0.05, 0) is 17.7 Å². The number of anilines is 2. The Kier molecular flexibility index (Phi) is 4.67. The molecule has 0 spiro atoms. The van der Waals surface area contributed by atoms with E-state index in [0.29, 0.717) is 11.4 Å². The van der Waals surface area contributed by atoms with E-state index in [9.17, 15) is 13.2 Å². The van der Waals surface area contributed by atoms with Gasteiger partial charge in [0.15, 0.2) is 0 Å². The summed E-state index contributed by atoms with van der Waals surface area (Å²) in [6, 6.07) is 15.6. The molecule has 0 radical (unpaired) electrons. The highest BCUT2D eigenvalue weighted by Gasteiger charge is 2.26. The molecule has 22 heavy (non-hydrogen) atoms. The van der Waals surface area contributed by atoms with E-state index in [1.54, 1.807) is 36.4 Å². The molecule has 0 aliphatic carbocycles. The van der Waals surface area contributed by atoms with Crippen molar-refractivity contribution in [2.24, 2.45) is 5.73 Å². The Morgan fingerprint density at radius 3 is 2.18 bits per heavy atom. The van der Waals surface area contributed by atoms with Crippen LogP contribution in [0.3, 0.4) is 0 Å². The van der Waals surface area contributed by atoms with E-state index < -0.39 is 21.7 Å². The van der Waals surface area contributed by atoms with E-state index in [4.69, 9.17) is 11.5 Å². The Bertz CT molecular complexity index is 761. The maximum Gasteiger partial charge on any atom is 0.244 e. The van der Waals surface area contributed by atoms with Crippen LogP contribution in [0.5, 0.6) is 0 Å². The summed E-state index contributed by atoms with van der Waals surface area (Å²) in [7, 11) is -3.92. The summed E-state index contributed by atoms with van der Waals surface area (Å²) in [6.45, 7) is 0.0741. The number of para-hydroxylation sites is 2. The molecule has 0 fully saturated rings. The zero-order valence-electron chi connectivity index (χ0n) is 11.8. The summed E-state index contributed by atoms with van der Waals surface area (Å²) in [4.78, 5) is 11.1. The van der Waals surface area contributed by atoms with Crippen LogP contribution in [0.2, 0.25) is 0 Å². The molecule has 0 heterocycles. The van der Waals surface area contributed by atoms with Crippen LogP contribution in [0.1, 0.15) is 5.56 Å². The van der Waals surface area contributed by atoms with E-state index in [0.717, 1.165) is 9.87 Å². The van der Waals surface area contributed by atoms with Gasteiger partial charge in [-0.2, -0.15) is 0 Å². The predicted octanol–water partition coefficient (Wildman–Crippen LogP) is 1.09. The fourth-order valence-corrected chi connectivity index (χ4v) is 3.38. The van der Waals surface area contributed by atoms with Crippen LogP contribution < -0.4 is 15.8 Å². The number of amides is 1. The van der Waals surface area contributed by atoms with Gasteiger partial charge in [0.25, 0.3) is 0 Å². The lowest BCUT2D eigenvalue weighted by Crippen LogP contribution is -2.37. The topological polar surface area (TPSA) is 106 Å². The lowest BCUT2D eigenvalue weighted by Gasteiger charge is -2.25. The van der Waals surface area contributed by atoms with Crippen molar-refractivity contribution in [2.75, 3.05) is 15.8 Å². The van der Waals surface area contributed by atoms with Gasteiger partial charge in [0.1, 0.15) is 5.75 Å². The van der Waals surface area contributed by atoms with Gasteiger partial charge in [0, 0.05) is 0 Å².